The maximum absolute atomic E-state index is 12.5. The second-order valence-corrected chi connectivity index (χ2v) is 9.98. The molecule has 1 heterocycles. The molecule has 1 aliphatic heterocycles. The first-order chi connectivity index (χ1) is 15.1. The minimum Gasteiger partial charge on any atom is -0.350 e. The molecule has 0 atom stereocenters. The summed E-state index contributed by atoms with van der Waals surface area (Å²) in [7, 11) is -3.83. The first-order valence-corrected chi connectivity index (χ1v) is 12.3. The predicted molar refractivity (Wildman–Crippen MR) is 123 cm³/mol. The van der Waals surface area contributed by atoms with Crippen LogP contribution in [0.2, 0.25) is 0 Å². The van der Waals surface area contributed by atoms with Gasteiger partial charge in [0.25, 0.3) is 5.69 Å². The zero-order valence-corrected chi connectivity index (χ0v) is 19.1. The van der Waals surface area contributed by atoms with E-state index in [9.17, 15) is 23.3 Å². The van der Waals surface area contributed by atoms with Crippen molar-refractivity contribution in [3.05, 3.63) is 69.3 Å². The first kappa shape index (κ1) is 23.7. The number of anilines is 1. The third-order valence-electron chi connectivity index (χ3n) is 5.48. The molecule has 0 spiro atoms. The summed E-state index contributed by atoms with van der Waals surface area (Å²) in [4.78, 5) is 25.4. The van der Waals surface area contributed by atoms with Crippen molar-refractivity contribution in [3.63, 3.8) is 0 Å². The van der Waals surface area contributed by atoms with Gasteiger partial charge in [-0.05, 0) is 49.5 Å². The van der Waals surface area contributed by atoms with Crippen LogP contribution in [-0.2, 0) is 27.9 Å². The van der Waals surface area contributed by atoms with E-state index in [1.54, 1.807) is 6.92 Å². The highest BCUT2D eigenvalue weighted by molar-refractivity contribution is 7.92. The van der Waals surface area contributed by atoms with Crippen LogP contribution in [0, 0.1) is 17.0 Å². The van der Waals surface area contributed by atoms with E-state index < -0.39 is 27.4 Å². The molecule has 2 aromatic carbocycles. The molecule has 9 nitrogen and oxygen atoms in total. The van der Waals surface area contributed by atoms with Crippen LogP contribution in [0.4, 0.5) is 11.4 Å². The lowest BCUT2D eigenvalue weighted by molar-refractivity contribution is -0.384. The van der Waals surface area contributed by atoms with E-state index in [1.165, 1.54) is 36.6 Å². The summed E-state index contributed by atoms with van der Waals surface area (Å²) in [5.41, 5.74) is 2.51. The summed E-state index contributed by atoms with van der Waals surface area (Å²) < 4.78 is 25.5. The summed E-state index contributed by atoms with van der Waals surface area (Å²) in [6.45, 7) is 4.59. The number of hydrogen-bond donors (Lipinski definition) is 1. The Labute approximate surface area is 188 Å². The minimum atomic E-state index is -3.83. The number of amides is 1. The number of aryl methyl sites for hydroxylation is 1. The minimum absolute atomic E-state index is 0.114. The van der Waals surface area contributed by atoms with Crippen LogP contribution >= 0.6 is 0 Å². The van der Waals surface area contributed by atoms with E-state index in [2.05, 4.69) is 10.2 Å². The third kappa shape index (κ3) is 6.27. The van der Waals surface area contributed by atoms with Crippen molar-refractivity contribution < 1.29 is 18.1 Å². The monoisotopic (exact) mass is 460 g/mol. The lowest BCUT2D eigenvalue weighted by Gasteiger charge is -2.23. The topological polar surface area (TPSA) is 113 Å². The summed E-state index contributed by atoms with van der Waals surface area (Å²) in [5, 5.41) is 13.8. The first-order valence-electron chi connectivity index (χ1n) is 10.4. The van der Waals surface area contributed by atoms with Gasteiger partial charge in [-0.3, -0.25) is 24.1 Å². The molecule has 0 saturated carbocycles. The average molecular weight is 461 g/mol. The second kappa shape index (κ2) is 10.1. The smallest absolute Gasteiger partial charge is 0.271 e. The molecule has 2 aromatic rings. The molecule has 0 radical (unpaired) electrons. The maximum atomic E-state index is 12.5. The second-order valence-electron chi connectivity index (χ2n) is 8.07. The fourth-order valence-electron chi connectivity index (χ4n) is 3.71. The Hall–Kier alpha value is -2.98. The Balaban J connectivity index is 1.64. The van der Waals surface area contributed by atoms with Crippen LogP contribution in [0.3, 0.4) is 0 Å². The van der Waals surface area contributed by atoms with Crippen LogP contribution in [0.5, 0.6) is 0 Å². The molecule has 32 heavy (non-hydrogen) atoms. The van der Waals surface area contributed by atoms with Crippen molar-refractivity contribution in [1.29, 1.82) is 0 Å². The molecule has 0 bridgehead atoms. The number of nitro groups is 1. The molecule has 1 amide bonds. The standard InChI is InChI=1S/C22H28N4O5S/c1-17-5-10-20(26(28)29)13-21(17)25(32(2,30)31)16-22(27)23-14-18-6-8-19(9-7-18)15-24-11-3-4-12-24/h5-10,13H,3-4,11-12,14-16H2,1-2H3,(H,23,27). The highest BCUT2D eigenvalue weighted by Gasteiger charge is 2.24. The molecule has 1 saturated heterocycles. The number of likely N-dealkylation sites (tertiary alicyclic amines) is 1. The normalized spacial score (nSPS) is 14.3. The number of sulfonamides is 1. The number of nitrogens with one attached hydrogen (secondary N) is 1. The fourth-order valence-corrected chi connectivity index (χ4v) is 4.62. The van der Waals surface area contributed by atoms with Crippen LogP contribution in [0.15, 0.2) is 42.5 Å². The molecule has 3 rings (SSSR count). The summed E-state index contributed by atoms with van der Waals surface area (Å²) in [5.74, 6) is -0.498. The molecule has 0 aromatic heterocycles. The van der Waals surface area contributed by atoms with Gasteiger partial charge < -0.3 is 5.32 Å². The highest BCUT2D eigenvalue weighted by Crippen LogP contribution is 2.27. The SMILES string of the molecule is Cc1ccc([N+](=O)[O-])cc1N(CC(=O)NCc1ccc(CN2CCCC2)cc1)S(C)(=O)=O. The lowest BCUT2D eigenvalue weighted by atomic mass is 10.1. The van der Waals surface area contributed by atoms with E-state index in [4.69, 9.17) is 0 Å². The number of carbonyl (C=O) groups is 1. The van der Waals surface area contributed by atoms with Gasteiger partial charge in [-0.2, -0.15) is 0 Å². The number of rotatable bonds is 9. The Bertz CT molecular complexity index is 1080. The molecular weight excluding hydrogens is 432 g/mol. The number of benzene rings is 2. The van der Waals surface area contributed by atoms with Gasteiger partial charge in [0.1, 0.15) is 6.54 Å². The average Bonchev–Trinajstić information content (AvgIpc) is 3.24. The van der Waals surface area contributed by atoms with Crippen molar-refractivity contribution in [1.82, 2.24) is 10.2 Å². The van der Waals surface area contributed by atoms with Crippen LogP contribution in [0.1, 0.15) is 29.5 Å². The molecule has 1 fully saturated rings. The molecule has 1 N–H and O–H groups in total. The quantitative estimate of drug-likeness (QED) is 0.455. The van der Waals surface area contributed by atoms with E-state index in [-0.39, 0.29) is 17.9 Å². The van der Waals surface area contributed by atoms with Gasteiger partial charge in [0.2, 0.25) is 15.9 Å². The van der Waals surface area contributed by atoms with Gasteiger partial charge in [-0.15, -0.1) is 0 Å². The lowest BCUT2D eigenvalue weighted by Crippen LogP contribution is -2.40. The van der Waals surface area contributed by atoms with Gasteiger partial charge in [0, 0.05) is 25.2 Å². The van der Waals surface area contributed by atoms with Gasteiger partial charge in [-0.1, -0.05) is 30.3 Å². The van der Waals surface area contributed by atoms with Crippen molar-refractivity contribution in [2.24, 2.45) is 0 Å². The fraction of sp³-hybridized carbons (Fsp3) is 0.409. The molecule has 1 aliphatic rings. The van der Waals surface area contributed by atoms with Crippen molar-refractivity contribution in [3.8, 4) is 0 Å². The van der Waals surface area contributed by atoms with E-state index in [0.29, 0.717) is 5.56 Å². The number of nitro benzene ring substituents is 1. The Morgan fingerprint density at radius 1 is 1.12 bits per heavy atom. The van der Waals surface area contributed by atoms with Crippen LogP contribution in [-0.4, -0.2) is 50.0 Å². The van der Waals surface area contributed by atoms with Crippen molar-refractivity contribution in [2.45, 2.75) is 32.9 Å². The van der Waals surface area contributed by atoms with Gasteiger partial charge in [0.15, 0.2) is 0 Å². The summed E-state index contributed by atoms with van der Waals surface area (Å²) in [6, 6.07) is 11.9. The number of carbonyl (C=O) groups excluding carboxylic acids is 1. The van der Waals surface area contributed by atoms with Gasteiger partial charge in [0.05, 0.1) is 16.9 Å². The number of nitrogens with zero attached hydrogens (tertiary/aromatic N) is 3. The van der Waals surface area contributed by atoms with Crippen LogP contribution < -0.4 is 9.62 Å². The number of non-ortho nitro benzene ring substituents is 1. The molecule has 10 heteroatoms. The molecule has 172 valence electrons. The van der Waals surface area contributed by atoms with E-state index >= 15 is 0 Å². The maximum Gasteiger partial charge on any atom is 0.271 e. The third-order valence-corrected chi connectivity index (χ3v) is 6.60. The molecular formula is C22H28N4O5S. The summed E-state index contributed by atoms with van der Waals surface area (Å²) >= 11 is 0. The zero-order valence-electron chi connectivity index (χ0n) is 18.3. The number of hydrogen-bond acceptors (Lipinski definition) is 6. The van der Waals surface area contributed by atoms with Gasteiger partial charge >= 0.3 is 0 Å². The molecule has 0 unspecified atom stereocenters. The predicted octanol–water partition coefficient (Wildman–Crippen LogP) is 2.58. The largest absolute Gasteiger partial charge is 0.350 e. The molecule has 0 aliphatic carbocycles. The highest BCUT2D eigenvalue weighted by atomic mass is 32.2. The van der Waals surface area contributed by atoms with Crippen LogP contribution in [0.25, 0.3) is 0 Å². The Kier molecular flexibility index (Phi) is 7.47. The Morgan fingerprint density at radius 3 is 2.34 bits per heavy atom. The van der Waals surface area contributed by atoms with E-state index in [1.807, 2.05) is 24.3 Å². The Morgan fingerprint density at radius 2 is 1.75 bits per heavy atom. The van der Waals surface area contributed by atoms with E-state index in [0.717, 1.165) is 35.8 Å². The van der Waals surface area contributed by atoms with Crippen molar-refractivity contribution in [2.75, 3.05) is 30.2 Å². The van der Waals surface area contributed by atoms with Gasteiger partial charge in [-0.25, -0.2) is 8.42 Å². The zero-order chi connectivity index (χ0) is 23.3. The van der Waals surface area contributed by atoms with Crippen molar-refractivity contribution >= 4 is 27.3 Å². The summed E-state index contributed by atoms with van der Waals surface area (Å²) in [6.07, 6.45) is 3.45.